The SMILES string of the molecule is CC(C)(C)OC(=O)N[C@@H](Cc1ccccc1)[C@H](C[C@@H](Cc1cncs1)NC(=O)OCc1ccccc1)O[Si](C)(C)C(C)(C)C. The Morgan fingerprint density at radius 3 is 2.02 bits per heavy atom. The number of benzene rings is 2. The minimum absolute atomic E-state index is 0.0797. The molecule has 2 aromatic carbocycles. The van der Waals surface area contributed by atoms with Gasteiger partial charge >= 0.3 is 12.2 Å². The Morgan fingerprint density at radius 1 is 0.864 bits per heavy atom. The molecule has 0 saturated carbocycles. The molecule has 1 aromatic heterocycles. The van der Waals surface area contributed by atoms with Crippen molar-refractivity contribution >= 4 is 31.8 Å². The van der Waals surface area contributed by atoms with Gasteiger partial charge < -0.3 is 24.5 Å². The van der Waals surface area contributed by atoms with Crippen LogP contribution in [0.2, 0.25) is 18.1 Å². The molecule has 0 unspecified atom stereocenters. The Kier molecular flexibility index (Phi) is 12.6. The summed E-state index contributed by atoms with van der Waals surface area (Å²) in [5.41, 5.74) is 3.10. The summed E-state index contributed by atoms with van der Waals surface area (Å²) in [5.74, 6) is 0. The van der Waals surface area contributed by atoms with E-state index in [1.165, 1.54) is 11.3 Å². The summed E-state index contributed by atoms with van der Waals surface area (Å²) in [7, 11) is -2.34. The van der Waals surface area contributed by atoms with E-state index < -0.39 is 38.3 Å². The fourth-order valence-corrected chi connectivity index (χ4v) is 6.49. The van der Waals surface area contributed by atoms with Gasteiger partial charge in [-0.05, 0) is 62.9 Å². The first-order valence-corrected chi connectivity index (χ1v) is 19.0. The summed E-state index contributed by atoms with van der Waals surface area (Å²) in [6.07, 6.45) is 1.90. The molecule has 0 aliphatic carbocycles. The van der Waals surface area contributed by atoms with E-state index in [4.69, 9.17) is 13.9 Å². The van der Waals surface area contributed by atoms with Crippen LogP contribution in [0.3, 0.4) is 0 Å². The van der Waals surface area contributed by atoms with Crippen molar-refractivity contribution in [3.05, 3.63) is 88.4 Å². The van der Waals surface area contributed by atoms with Crippen molar-refractivity contribution in [1.82, 2.24) is 15.6 Å². The minimum atomic E-state index is -2.34. The van der Waals surface area contributed by atoms with Crippen molar-refractivity contribution in [1.29, 1.82) is 0 Å². The summed E-state index contributed by atoms with van der Waals surface area (Å²) in [6.45, 7) is 16.7. The lowest BCUT2D eigenvalue weighted by molar-refractivity contribution is 0.0412. The number of rotatable bonds is 13. The third kappa shape index (κ3) is 12.1. The number of hydrogen-bond acceptors (Lipinski definition) is 7. The number of aromatic nitrogens is 1. The van der Waals surface area contributed by atoms with Gasteiger partial charge in [0.2, 0.25) is 0 Å². The van der Waals surface area contributed by atoms with Crippen molar-refractivity contribution in [3.63, 3.8) is 0 Å². The second kappa shape index (κ2) is 15.7. The first-order chi connectivity index (χ1) is 20.6. The third-order valence-electron chi connectivity index (χ3n) is 7.68. The van der Waals surface area contributed by atoms with Crippen LogP contribution in [0.15, 0.2) is 72.4 Å². The van der Waals surface area contributed by atoms with Crippen LogP contribution < -0.4 is 10.6 Å². The number of nitrogens with zero attached hydrogens (tertiary/aromatic N) is 1. The Labute approximate surface area is 268 Å². The number of hydrogen-bond donors (Lipinski definition) is 2. The summed E-state index contributed by atoms with van der Waals surface area (Å²) in [6, 6.07) is 18.9. The molecule has 3 aromatic rings. The van der Waals surface area contributed by atoms with Crippen molar-refractivity contribution in [3.8, 4) is 0 Å². The number of thiazole rings is 1. The van der Waals surface area contributed by atoms with Crippen LogP contribution in [0, 0.1) is 0 Å². The number of ether oxygens (including phenoxy) is 2. The van der Waals surface area contributed by atoms with E-state index >= 15 is 0 Å². The number of amides is 2. The highest BCUT2D eigenvalue weighted by molar-refractivity contribution is 7.09. The van der Waals surface area contributed by atoms with E-state index in [-0.39, 0.29) is 17.7 Å². The Morgan fingerprint density at radius 2 is 1.48 bits per heavy atom. The van der Waals surface area contributed by atoms with E-state index in [9.17, 15) is 9.59 Å². The molecular formula is C34H49N3O5SSi. The monoisotopic (exact) mass is 639 g/mol. The Bertz CT molecular complexity index is 1290. The van der Waals surface area contributed by atoms with Gasteiger partial charge in [0.05, 0.1) is 17.7 Å². The predicted octanol–water partition coefficient (Wildman–Crippen LogP) is 7.90. The quantitative estimate of drug-likeness (QED) is 0.185. The van der Waals surface area contributed by atoms with E-state index in [0.717, 1.165) is 16.0 Å². The molecule has 0 aliphatic heterocycles. The third-order valence-corrected chi connectivity index (χ3v) is 13.0. The van der Waals surface area contributed by atoms with E-state index in [2.05, 4.69) is 49.5 Å². The average Bonchev–Trinajstić information content (AvgIpc) is 3.43. The smallest absolute Gasteiger partial charge is 0.407 e. The molecule has 8 nitrogen and oxygen atoms in total. The number of carbonyl (C=O) groups excluding carboxylic acids is 2. The Balaban J connectivity index is 1.93. The van der Waals surface area contributed by atoms with Crippen LogP contribution >= 0.6 is 11.3 Å². The molecule has 2 N–H and O–H groups in total. The Hall–Kier alpha value is -3.21. The molecule has 0 spiro atoms. The molecule has 10 heteroatoms. The second-order valence-corrected chi connectivity index (χ2v) is 19.4. The lowest BCUT2D eigenvalue weighted by Crippen LogP contribution is -2.55. The number of nitrogens with one attached hydrogen (secondary N) is 2. The molecule has 0 aliphatic rings. The largest absolute Gasteiger partial charge is 0.445 e. The maximum Gasteiger partial charge on any atom is 0.407 e. The van der Waals surface area contributed by atoms with Crippen LogP contribution in [0.1, 0.15) is 64.0 Å². The topological polar surface area (TPSA) is 98.8 Å². The van der Waals surface area contributed by atoms with Crippen LogP contribution in [0.5, 0.6) is 0 Å². The zero-order chi connectivity index (χ0) is 32.4. The lowest BCUT2D eigenvalue weighted by atomic mass is 9.95. The highest BCUT2D eigenvalue weighted by Gasteiger charge is 2.42. The molecule has 1 heterocycles. The van der Waals surface area contributed by atoms with E-state index in [0.29, 0.717) is 19.3 Å². The van der Waals surface area contributed by atoms with Crippen LogP contribution in [0.4, 0.5) is 9.59 Å². The van der Waals surface area contributed by atoms with Crippen LogP contribution in [-0.2, 0) is 33.3 Å². The highest BCUT2D eigenvalue weighted by Crippen LogP contribution is 2.38. The van der Waals surface area contributed by atoms with E-state index in [1.54, 1.807) is 5.51 Å². The van der Waals surface area contributed by atoms with Gasteiger partial charge in [-0.2, -0.15) is 0 Å². The molecular weight excluding hydrogens is 591 g/mol. The first kappa shape index (κ1) is 35.3. The highest BCUT2D eigenvalue weighted by atomic mass is 32.1. The molecule has 44 heavy (non-hydrogen) atoms. The van der Waals surface area contributed by atoms with Crippen molar-refractivity contribution < 1.29 is 23.5 Å². The molecule has 0 radical (unpaired) electrons. The number of carbonyl (C=O) groups is 2. The fraction of sp³-hybridized carbons (Fsp3) is 0.500. The molecule has 240 valence electrons. The summed E-state index contributed by atoms with van der Waals surface area (Å²) in [5, 5.41) is 6.16. The van der Waals surface area contributed by atoms with Crippen molar-refractivity contribution in [2.75, 3.05) is 0 Å². The zero-order valence-electron chi connectivity index (χ0n) is 27.4. The van der Waals surface area contributed by atoms with Crippen molar-refractivity contribution in [2.45, 2.75) is 109 Å². The summed E-state index contributed by atoms with van der Waals surface area (Å²) in [4.78, 5) is 31.6. The summed E-state index contributed by atoms with van der Waals surface area (Å²) >= 11 is 1.54. The molecule has 2 amide bonds. The predicted molar refractivity (Wildman–Crippen MR) is 179 cm³/mol. The van der Waals surface area contributed by atoms with Gasteiger partial charge in [0, 0.05) is 23.5 Å². The number of alkyl carbamates (subject to hydrolysis) is 2. The van der Waals surface area contributed by atoms with Crippen molar-refractivity contribution in [2.24, 2.45) is 0 Å². The van der Waals surface area contributed by atoms with Crippen LogP contribution in [0.25, 0.3) is 0 Å². The van der Waals surface area contributed by atoms with Crippen LogP contribution in [-0.4, -0.2) is 49.3 Å². The fourth-order valence-electron chi connectivity index (χ4n) is 4.44. The molecule has 0 saturated heterocycles. The standard InChI is InChI=1S/C34H49N3O5SSi/c1-33(2,3)41-32(39)37-29(19-25-15-11-9-12-16-25)30(42-44(7,8)34(4,5)6)21-27(20-28-22-35-24-43-28)36-31(38)40-23-26-17-13-10-14-18-26/h9-18,22,24,27,29-30H,19-21,23H2,1-8H3,(H,36,38)(H,37,39)/t27-,29+,30+/m1/s1. The van der Waals surface area contributed by atoms with Gasteiger partial charge in [0.1, 0.15) is 12.2 Å². The van der Waals surface area contributed by atoms with E-state index in [1.807, 2.05) is 87.6 Å². The second-order valence-electron chi connectivity index (χ2n) is 13.7. The van der Waals surface area contributed by atoms with Gasteiger partial charge in [-0.1, -0.05) is 81.4 Å². The van der Waals surface area contributed by atoms with Gasteiger partial charge in [0.25, 0.3) is 0 Å². The zero-order valence-corrected chi connectivity index (χ0v) is 29.2. The normalized spacial score (nSPS) is 14.3. The van der Waals surface area contributed by atoms with Gasteiger partial charge in [0.15, 0.2) is 8.32 Å². The van der Waals surface area contributed by atoms with Gasteiger partial charge in [-0.25, -0.2) is 9.59 Å². The maximum absolute atomic E-state index is 13.2. The molecule has 0 fully saturated rings. The maximum atomic E-state index is 13.2. The minimum Gasteiger partial charge on any atom is -0.445 e. The molecule has 0 bridgehead atoms. The average molecular weight is 640 g/mol. The molecule has 3 atom stereocenters. The van der Waals surface area contributed by atoms with Gasteiger partial charge in [-0.15, -0.1) is 11.3 Å². The first-order valence-electron chi connectivity index (χ1n) is 15.2. The lowest BCUT2D eigenvalue weighted by Gasteiger charge is -2.42. The molecule has 3 rings (SSSR count). The summed E-state index contributed by atoms with van der Waals surface area (Å²) < 4.78 is 18.4. The van der Waals surface area contributed by atoms with Gasteiger partial charge in [-0.3, -0.25) is 4.98 Å².